The predicted octanol–water partition coefficient (Wildman–Crippen LogP) is 1.76. The third-order valence-electron chi connectivity index (χ3n) is 3.25. The molecule has 5 nitrogen and oxygen atoms in total. The summed E-state index contributed by atoms with van der Waals surface area (Å²) >= 11 is 7.12. The molecule has 1 aliphatic carbocycles. The maximum atomic E-state index is 12.2. The minimum Gasteiger partial charge on any atom is -0.277 e. The Kier molecular flexibility index (Phi) is 2.46. The standard InChI is InChI=1S/C11H9ClN2O3S/c12-7-2-1-6(18-7)5-14-9(16)11(3-4-11)8(15)13-10(14)17/h1-2H,3-5H2,(H,13,15,17). The number of rotatable bonds is 2. The molecule has 2 heterocycles. The maximum absolute atomic E-state index is 12.2. The number of hydrogen-bond donors (Lipinski definition) is 1. The molecule has 2 fully saturated rings. The quantitative estimate of drug-likeness (QED) is 0.842. The van der Waals surface area contributed by atoms with E-state index in [1.54, 1.807) is 12.1 Å². The first-order chi connectivity index (χ1) is 8.53. The van der Waals surface area contributed by atoms with Crippen LogP contribution in [0.1, 0.15) is 17.7 Å². The van der Waals surface area contributed by atoms with Crippen molar-refractivity contribution in [2.75, 3.05) is 0 Å². The number of halogens is 1. The smallest absolute Gasteiger partial charge is 0.277 e. The Hall–Kier alpha value is -1.40. The van der Waals surface area contributed by atoms with Crippen molar-refractivity contribution in [2.24, 2.45) is 5.41 Å². The lowest BCUT2D eigenvalue weighted by Gasteiger charge is -2.29. The van der Waals surface area contributed by atoms with Gasteiger partial charge in [0, 0.05) is 4.88 Å². The average molecular weight is 285 g/mol. The Morgan fingerprint density at radius 2 is 2.06 bits per heavy atom. The van der Waals surface area contributed by atoms with Crippen LogP contribution >= 0.6 is 22.9 Å². The summed E-state index contributed by atoms with van der Waals surface area (Å²) in [7, 11) is 0. The van der Waals surface area contributed by atoms with Gasteiger partial charge in [0.25, 0.3) is 0 Å². The number of thiophene rings is 1. The lowest BCUT2D eigenvalue weighted by Crippen LogP contribution is -2.58. The Labute approximate surface area is 112 Å². The first-order valence-corrected chi connectivity index (χ1v) is 6.64. The third-order valence-corrected chi connectivity index (χ3v) is 4.46. The zero-order valence-electron chi connectivity index (χ0n) is 9.23. The molecule has 1 aromatic heterocycles. The van der Waals surface area contributed by atoms with Crippen LogP contribution in [0, 0.1) is 5.41 Å². The van der Waals surface area contributed by atoms with E-state index in [4.69, 9.17) is 11.6 Å². The summed E-state index contributed by atoms with van der Waals surface area (Å²) in [6.07, 6.45) is 1.04. The number of carbonyl (C=O) groups excluding carboxylic acids is 3. The van der Waals surface area contributed by atoms with Crippen LogP contribution < -0.4 is 5.32 Å². The van der Waals surface area contributed by atoms with Gasteiger partial charge in [-0.15, -0.1) is 11.3 Å². The molecule has 1 spiro atoms. The van der Waals surface area contributed by atoms with E-state index in [1.807, 2.05) is 0 Å². The summed E-state index contributed by atoms with van der Waals surface area (Å²) in [5.74, 6) is -0.848. The zero-order chi connectivity index (χ0) is 12.9. The highest BCUT2D eigenvalue weighted by molar-refractivity contribution is 7.16. The van der Waals surface area contributed by atoms with Gasteiger partial charge in [-0.05, 0) is 25.0 Å². The molecule has 0 bridgehead atoms. The molecule has 0 aromatic carbocycles. The largest absolute Gasteiger partial charge is 0.331 e. The molecule has 1 saturated carbocycles. The van der Waals surface area contributed by atoms with Crippen molar-refractivity contribution >= 4 is 40.8 Å². The molecule has 4 amide bonds. The molecule has 3 rings (SSSR count). The average Bonchev–Trinajstić information content (AvgIpc) is 3.02. The molecular formula is C11H9ClN2O3S. The summed E-state index contributed by atoms with van der Waals surface area (Å²) < 4.78 is 0.604. The minimum atomic E-state index is -0.977. The van der Waals surface area contributed by atoms with Gasteiger partial charge < -0.3 is 0 Å². The highest BCUT2D eigenvalue weighted by Crippen LogP contribution is 2.49. The van der Waals surface area contributed by atoms with Crippen LogP contribution in [-0.4, -0.2) is 22.7 Å². The van der Waals surface area contributed by atoms with Gasteiger partial charge >= 0.3 is 6.03 Å². The summed E-state index contributed by atoms with van der Waals surface area (Å²) in [5.41, 5.74) is -0.977. The second-order valence-corrected chi connectivity index (χ2v) is 6.24. The fourth-order valence-corrected chi connectivity index (χ4v) is 3.11. The first kappa shape index (κ1) is 11.7. The lowest BCUT2D eigenvalue weighted by molar-refractivity contribution is -0.145. The molecule has 2 aliphatic rings. The second-order valence-electron chi connectivity index (χ2n) is 4.44. The number of amides is 4. The van der Waals surface area contributed by atoms with Crippen molar-refractivity contribution < 1.29 is 14.4 Å². The SMILES string of the molecule is O=C1NC(=O)C2(CC2)C(=O)N1Cc1ccc(Cl)s1. The Bertz CT molecular complexity index is 564. The van der Waals surface area contributed by atoms with Crippen molar-refractivity contribution in [3.05, 3.63) is 21.3 Å². The summed E-state index contributed by atoms with van der Waals surface area (Å²) in [5, 5.41) is 2.24. The lowest BCUT2D eigenvalue weighted by atomic mass is 10.0. The molecule has 0 atom stereocenters. The van der Waals surface area contributed by atoms with Crippen molar-refractivity contribution in [1.29, 1.82) is 0 Å². The van der Waals surface area contributed by atoms with E-state index in [1.165, 1.54) is 11.3 Å². The van der Waals surface area contributed by atoms with Crippen molar-refractivity contribution in [3.63, 3.8) is 0 Å². The normalized spacial score (nSPS) is 21.4. The van der Waals surface area contributed by atoms with Crippen molar-refractivity contribution in [3.8, 4) is 0 Å². The molecule has 1 N–H and O–H groups in total. The molecule has 94 valence electrons. The van der Waals surface area contributed by atoms with Gasteiger partial charge in [-0.2, -0.15) is 0 Å². The fraction of sp³-hybridized carbons (Fsp3) is 0.364. The minimum absolute atomic E-state index is 0.164. The summed E-state index contributed by atoms with van der Waals surface area (Å²) in [6, 6.07) is 2.84. The number of barbiturate groups is 1. The van der Waals surface area contributed by atoms with Crippen LogP contribution in [0.25, 0.3) is 0 Å². The topological polar surface area (TPSA) is 66.5 Å². The number of hydrogen-bond acceptors (Lipinski definition) is 4. The second kappa shape index (κ2) is 3.80. The molecule has 0 radical (unpaired) electrons. The number of imide groups is 2. The van der Waals surface area contributed by atoms with E-state index in [9.17, 15) is 14.4 Å². The van der Waals surface area contributed by atoms with Crippen LogP contribution in [0.3, 0.4) is 0 Å². The van der Waals surface area contributed by atoms with E-state index < -0.39 is 17.4 Å². The van der Waals surface area contributed by atoms with E-state index in [2.05, 4.69) is 5.32 Å². The fourth-order valence-electron chi connectivity index (χ4n) is 2.03. The zero-order valence-corrected chi connectivity index (χ0v) is 10.8. The summed E-state index contributed by atoms with van der Waals surface area (Å²) in [6.45, 7) is 0.164. The molecule has 1 aliphatic heterocycles. The van der Waals surface area contributed by atoms with Crippen molar-refractivity contribution in [2.45, 2.75) is 19.4 Å². The van der Waals surface area contributed by atoms with E-state index in [-0.39, 0.29) is 12.5 Å². The number of nitrogens with zero attached hydrogens (tertiary/aromatic N) is 1. The molecule has 1 aromatic rings. The van der Waals surface area contributed by atoms with E-state index in [0.717, 1.165) is 9.78 Å². The third kappa shape index (κ3) is 1.64. The monoisotopic (exact) mass is 284 g/mol. The molecule has 18 heavy (non-hydrogen) atoms. The van der Waals surface area contributed by atoms with Gasteiger partial charge in [-0.25, -0.2) is 4.79 Å². The number of carbonyl (C=O) groups is 3. The van der Waals surface area contributed by atoms with Crippen LogP contribution in [-0.2, 0) is 16.1 Å². The summed E-state index contributed by atoms with van der Waals surface area (Å²) in [4.78, 5) is 37.4. The van der Waals surface area contributed by atoms with Gasteiger partial charge in [0.15, 0.2) is 0 Å². The van der Waals surface area contributed by atoms with Gasteiger partial charge in [-0.3, -0.25) is 19.8 Å². The molecular weight excluding hydrogens is 276 g/mol. The van der Waals surface area contributed by atoms with Gasteiger partial charge in [0.1, 0.15) is 5.41 Å². The first-order valence-electron chi connectivity index (χ1n) is 5.44. The Balaban J connectivity index is 1.85. The van der Waals surface area contributed by atoms with Gasteiger partial charge in [-0.1, -0.05) is 11.6 Å². The number of urea groups is 1. The van der Waals surface area contributed by atoms with Crippen LogP contribution in [0.5, 0.6) is 0 Å². The maximum Gasteiger partial charge on any atom is 0.331 e. The predicted molar refractivity (Wildman–Crippen MR) is 65.1 cm³/mol. The number of nitrogens with one attached hydrogen (secondary N) is 1. The molecule has 1 saturated heterocycles. The van der Waals surface area contributed by atoms with Crippen LogP contribution in [0.4, 0.5) is 4.79 Å². The highest BCUT2D eigenvalue weighted by Gasteiger charge is 2.62. The van der Waals surface area contributed by atoms with Gasteiger partial charge in [0.2, 0.25) is 11.8 Å². The molecule has 7 heteroatoms. The van der Waals surface area contributed by atoms with Gasteiger partial charge in [0.05, 0.1) is 10.9 Å². The Morgan fingerprint density at radius 3 is 2.61 bits per heavy atom. The Morgan fingerprint density at radius 1 is 1.33 bits per heavy atom. The van der Waals surface area contributed by atoms with Crippen molar-refractivity contribution in [1.82, 2.24) is 10.2 Å². The van der Waals surface area contributed by atoms with E-state index in [0.29, 0.717) is 17.2 Å². The van der Waals surface area contributed by atoms with Crippen LogP contribution in [0.2, 0.25) is 4.34 Å². The highest BCUT2D eigenvalue weighted by atomic mass is 35.5. The van der Waals surface area contributed by atoms with E-state index >= 15 is 0 Å². The van der Waals surface area contributed by atoms with Crippen LogP contribution in [0.15, 0.2) is 12.1 Å². The molecule has 0 unspecified atom stereocenters.